The van der Waals surface area contributed by atoms with Crippen LogP contribution < -0.4 is 10.4 Å². The maximum Gasteiger partial charge on any atom is 0.234 e. The number of piperidine rings is 1. The fourth-order valence-corrected chi connectivity index (χ4v) is 4.05. The Kier molecular flexibility index (Phi) is 5.18. The number of halogens is 1. The minimum absolute atomic E-state index is 0.0936. The van der Waals surface area contributed by atoms with Crippen LogP contribution in [0.3, 0.4) is 0 Å². The first kappa shape index (κ1) is 18.7. The standard InChI is InChI=1S/C22H24ClN3O2/c1-15-8-9-18(23)19(14-15)24-26-13-10-17(16-6-5-7-20(27)21(16)26)22(28)25-11-3-2-4-12-25/h5-10,13-14,17,24,27H,2-4,11-12H2,1H3. The van der Waals surface area contributed by atoms with Crippen molar-refractivity contribution in [2.24, 2.45) is 0 Å². The van der Waals surface area contributed by atoms with Crippen LogP contribution in [0, 0.1) is 6.92 Å². The van der Waals surface area contributed by atoms with Crippen molar-refractivity contribution in [3.8, 4) is 5.75 Å². The van der Waals surface area contributed by atoms with E-state index >= 15 is 0 Å². The number of phenols is 1. The molecule has 0 radical (unpaired) electrons. The van der Waals surface area contributed by atoms with Crippen molar-refractivity contribution in [1.82, 2.24) is 4.90 Å². The second-order valence-corrected chi connectivity index (χ2v) is 7.79. The van der Waals surface area contributed by atoms with Crippen LogP contribution in [-0.2, 0) is 4.79 Å². The highest BCUT2D eigenvalue weighted by molar-refractivity contribution is 6.33. The molecule has 0 bridgehead atoms. The number of hydrogen-bond acceptors (Lipinski definition) is 4. The zero-order chi connectivity index (χ0) is 19.7. The first-order chi connectivity index (χ1) is 13.5. The Labute approximate surface area is 170 Å². The van der Waals surface area contributed by atoms with Crippen LogP contribution in [0.15, 0.2) is 48.7 Å². The molecule has 1 unspecified atom stereocenters. The summed E-state index contributed by atoms with van der Waals surface area (Å²) < 4.78 is 0. The van der Waals surface area contributed by atoms with Crippen molar-refractivity contribution in [3.63, 3.8) is 0 Å². The van der Waals surface area contributed by atoms with Gasteiger partial charge in [-0.1, -0.05) is 29.8 Å². The number of amides is 1. The van der Waals surface area contributed by atoms with Gasteiger partial charge in [0.05, 0.1) is 16.6 Å². The van der Waals surface area contributed by atoms with Gasteiger partial charge in [0, 0.05) is 19.3 Å². The van der Waals surface area contributed by atoms with E-state index in [0.29, 0.717) is 10.7 Å². The Morgan fingerprint density at radius 1 is 1.18 bits per heavy atom. The van der Waals surface area contributed by atoms with Crippen molar-refractivity contribution in [2.45, 2.75) is 32.1 Å². The minimum Gasteiger partial charge on any atom is -0.506 e. The predicted molar refractivity (Wildman–Crippen MR) is 113 cm³/mol. The molecule has 146 valence electrons. The predicted octanol–water partition coefficient (Wildman–Crippen LogP) is 4.81. The van der Waals surface area contributed by atoms with Crippen LogP contribution in [0.1, 0.15) is 36.3 Å². The maximum absolute atomic E-state index is 13.1. The van der Waals surface area contributed by atoms with Crippen LogP contribution >= 0.6 is 11.6 Å². The zero-order valence-electron chi connectivity index (χ0n) is 15.9. The summed E-state index contributed by atoms with van der Waals surface area (Å²) in [7, 11) is 0. The SMILES string of the molecule is Cc1ccc(Cl)c(NN2C=CC(C(=O)N3CCCCC3)c3cccc(O)c32)c1. The van der Waals surface area contributed by atoms with Gasteiger partial charge in [0.2, 0.25) is 5.91 Å². The second-order valence-electron chi connectivity index (χ2n) is 7.39. The zero-order valence-corrected chi connectivity index (χ0v) is 16.6. The summed E-state index contributed by atoms with van der Waals surface area (Å²) in [6, 6.07) is 11.0. The lowest BCUT2D eigenvalue weighted by Crippen LogP contribution is -2.40. The third-order valence-electron chi connectivity index (χ3n) is 5.35. The topological polar surface area (TPSA) is 55.8 Å². The molecule has 1 saturated heterocycles. The van der Waals surface area contributed by atoms with Gasteiger partial charge in [-0.15, -0.1) is 0 Å². The summed E-state index contributed by atoms with van der Waals surface area (Å²) in [6.07, 6.45) is 6.96. The lowest BCUT2D eigenvalue weighted by molar-refractivity contribution is -0.132. The van der Waals surface area contributed by atoms with E-state index in [0.717, 1.165) is 42.7 Å². The third-order valence-corrected chi connectivity index (χ3v) is 5.68. The lowest BCUT2D eigenvalue weighted by atomic mass is 9.92. The summed E-state index contributed by atoms with van der Waals surface area (Å²) in [6.45, 7) is 3.60. The molecule has 0 aromatic heterocycles. The van der Waals surface area contributed by atoms with E-state index in [1.54, 1.807) is 23.3 Å². The number of hydrazine groups is 1. The number of rotatable bonds is 3. The third kappa shape index (κ3) is 3.54. The van der Waals surface area contributed by atoms with E-state index in [9.17, 15) is 9.90 Å². The van der Waals surface area contributed by atoms with E-state index in [1.165, 1.54) is 6.42 Å². The molecule has 28 heavy (non-hydrogen) atoms. The van der Waals surface area contributed by atoms with Gasteiger partial charge in [0.25, 0.3) is 0 Å². The van der Waals surface area contributed by atoms with E-state index in [-0.39, 0.29) is 11.7 Å². The van der Waals surface area contributed by atoms with Gasteiger partial charge < -0.3 is 10.0 Å². The summed E-state index contributed by atoms with van der Waals surface area (Å²) >= 11 is 6.33. The molecule has 2 aliphatic heterocycles. The molecule has 2 aliphatic rings. The number of aromatic hydroxyl groups is 1. The minimum atomic E-state index is -0.397. The number of aryl methyl sites for hydroxylation is 1. The van der Waals surface area contributed by atoms with Crippen molar-refractivity contribution in [2.75, 3.05) is 23.5 Å². The molecule has 1 fully saturated rings. The van der Waals surface area contributed by atoms with Crippen molar-refractivity contribution in [1.29, 1.82) is 0 Å². The smallest absolute Gasteiger partial charge is 0.234 e. The van der Waals surface area contributed by atoms with E-state index in [2.05, 4.69) is 5.43 Å². The highest BCUT2D eigenvalue weighted by Crippen LogP contribution is 2.41. The maximum atomic E-state index is 13.1. The number of nitrogens with zero attached hydrogens (tertiary/aromatic N) is 2. The number of anilines is 2. The first-order valence-corrected chi connectivity index (χ1v) is 10.0. The molecule has 6 heteroatoms. The average Bonchev–Trinajstić information content (AvgIpc) is 2.71. The molecule has 5 nitrogen and oxygen atoms in total. The van der Waals surface area contributed by atoms with Crippen LogP contribution in [-0.4, -0.2) is 29.0 Å². The molecule has 2 aromatic carbocycles. The highest BCUT2D eigenvalue weighted by atomic mass is 35.5. The molecule has 2 aromatic rings. The normalized spacial score (nSPS) is 18.7. The number of likely N-dealkylation sites (tertiary alicyclic amines) is 1. The molecule has 1 atom stereocenters. The molecule has 2 N–H and O–H groups in total. The molecule has 0 aliphatic carbocycles. The molecule has 4 rings (SSSR count). The second kappa shape index (κ2) is 7.76. The van der Waals surface area contributed by atoms with E-state index in [4.69, 9.17) is 11.6 Å². The van der Waals surface area contributed by atoms with Gasteiger partial charge in [0.1, 0.15) is 11.4 Å². The quantitative estimate of drug-likeness (QED) is 0.780. The fraction of sp³-hybridized carbons (Fsp3) is 0.318. The van der Waals surface area contributed by atoms with Crippen LogP contribution in [0.4, 0.5) is 11.4 Å². The fourth-order valence-electron chi connectivity index (χ4n) is 3.89. The average molecular weight is 398 g/mol. The lowest BCUT2D eigenvalue weighted by Gasteiger charge is -2.35. The summed E-state index contributed by atoms with van der Waals surface area (Å²) in [5, 5.41) is 12.9. The van der Waals surface area contributed by atoms with E-state index < -0.39 is 5.92 Å². The Bertz CT molecular complexity index is 922. The van der Waals surface area contributed by atoms with E-state index in [1.807, 2.05) is 42.2 Å². The van der Waals surface area contributed by atoms with Crippen LogP contribution in [0.5, 0.6) is 5.75 Å². The Morgan fingerprint density at radius 3 is 2.75 bits per heavy atom. The van der Waals surface area contributed by atoms with Crippen molar-refractivity contribution in [3.05, 3.63) is 64.8 Å². The van der Waals surface area contributed by atoms with Gasteiger partial charge in [-0.05, 0) is 61.6 Å². The number of para-hydroxylation sites is 1. The molecule has 1 amide bonds. The number of hydrogen-bond donors (Lipinski definition) is 2. The van der Waals surface area contributed by atoms with Crippen molar-refractivity contribution < 1.29 is 9.90 Å². The van der Waals surface area contributed by atoms with Gasteiger partial charge in [-0.25, -0.2) is 0 Å². The number of phenolic OH excluding ortho intramolecular Hbond substituents is 1. The first-order valence-electron chi connectivity index (χ1n) is 9.65. The number of carbonyl (C=O) groups is 1. The Morgan fingerprint density at radius 2 is 1.96 bits per heavy atom. The molecular formula is C22H24ClN3O2. The number of benzene rings is 2. The van der Waals surface area contributed by atoms with Gasteiger partial charge in [-0.2, -0.15) is 0 Å². The highest BCUT2D eigenvalue weighted by Gasteiger charge is 2.32. The van der Waals surface area contributed by atoms with Gasteiger partial charge in [-0.3, -0.25) is 15.2 Å². The summed E-state index contributed by atoms with van der Waals surface area (Å²) in [4.78, 5) is 15.1. The van der Waals surface area contributed by atoms with Crippen molar-refractivity contribution >= 4 is 28.9 Å². The Hall–Kier alpha value is -2.66. The number of fused-ring (bicyclic) bond motifs is 1. The summed E-state index contributed by atoms with van der Waals surface area (Å²) in [5.41, 5.74) is 6.43. The largest absolute Gasteiger partial charge is 0.506 e. The number of nitrogens with one attached hydrogen (secondary N) is 1. The molecule has 2 heterocycles. The molecular weight excluding hydrogens is 374 g/mol. The molecule has 0 spiro atoms. The van der Waals surface area contributed by atoms with Crippen LogP contribution in [0.2, 0.25) is 5.02 Å². The summed E-state index contributed by atoms with van der Waals surface area (Å²) in [5.74, 6) is -0.183. The van der Waals surface area contributed by atoms with Gasteiger partial charge >= 0.3 is 0 Å². The molecule has 0 saturated carbocycles. The number of carbonyl (C=O) groups excluding carboxylic acids is 1. The monoisotopic (exact) mass is 397 g/mol. The Balaban J connectivity index is 1.67. The van der Waals surface area contributed by atoms with Gasteiger partial charge in [0.15, 0.2) is 0 Å². The van der Waals surface area contributed by atoms with Crippen LogP contribution in [0.25, 0.3) is 0 Å².